The minimum Gasteiger partial charge on any atom is -0.381 e. The molecule has 0 N–H and O–H groups in total. The van der Waals surface area contributed by atoms with Gasteiger partial charge in [-0.15, -0.1) is 0 Å². The molecule has 3 nitrogen and oxygen atoms in total. The van der Waals surface area contributed by atoms with Crippen molar-refractivity contribution in [2.24, 2.45) is 0 Å². The summed E-state index contributed by atoms with van der Waals surface area (Å²) in [7, 11) is -2.61. The molecule has 26 heavy (non-hydrogen) atoms. The zero-order valence-electron chi connectivity index (χ0n) is 14.2. The van der Waals surface area contributed by atoms with Crippen LogP contribution in [0.3, 0.4) is 0 Å². The van der Waals surface area contributed by atoms with Gasteiger partial charge in [0.2, 0.25) is 0 Å². The summed E-state index contributed by atoms with van der Waals surface area (Å²) >= 11 is 0. The number of halogens is 3. The van der Waals surface area contributed by atoms with Crippen LogP contribution in [0.25, 0.3) is 11.1 Å². The lowest BCUT2D eigenvalue weighted by Gasteiger charge is -2.18. The van der Waals surface area contributed by atoms with Gasteiger partial charge in [-0.2, -0.15) is 13.2 Å². The van der Waals surface area contributed by atoms with E-state index in [0.29, 0.717) is 24.0 Å². The smallest absolute Gasteiger partial charge is 0.381 e. The van der Waals surface area contributed by atoms with Gasteiger partial charge in [-0.3, -0.25) is 0 Å². The van der Waals surface area contributed by atoms with E-state index in [9.17, 15) is 21.6 Å². The summed E-state index contributed by atoms with van der Waals surface area (Å²) in [6.45, 7) is 0. The number of benzene rings is 2. The molecule has 0 aromatic heterocycles. The molecule has 2 aromatic carbocycles. The summed E-state index contributed by atoms with van der Waals surface area (Å²) in [5.41, 5.74) is -0.181. The van der Waals surface area contributed by atoms with Crippen molar-refractivity contribution >= 4 is 9.84 Å². The van der Waals surface area contributed by atoms with Gasteiger partial charge >= 0.3 is 6.18 Å². The first kappa shape index (κ1) is 18.9. The zero-order chi connectivity index (χ0) is 18.9. The second kappa shape index (κ2) is 7.04. The molecule has 1 saturated carbocycles. The molecular weight excluding hydrogens is 365 g/mol. The molecule has 0 heterocycles. The van der Waals surface area contributed by atoms with Gasteiger partial charge in [0.15, 0.2) is 9.84 Å². The first-order valence-corrected chi connectivity index (χ1v) is 9.81. The maximum atomic E-state index is 13.6. The SMILES string of the molecule is CO[C@H]1CC[C@H](S(=O)(=O)c2ccc(-c3ccccc3)cc2C(F)(F)F)C1. The van der Waals surface area contributed by atoms with Crippen LogP contribution in [0.2, 0.25) is 0 Å². The molecule has 1 fully saturated rings. The molecule has 0 amide bonds. The third-order valence-corrected chi connectivity index (χ3v) is 7.08. The molecule has 1 aliphatic rings. The third kappa shape index (κ3) is 3.64. The number of hydrogen-bond donors (Lipinski definition) is 0. The Morgan fingerprint density at radius 1 is 1.00 bits per heavy atom. The number of methoxy groups -OCH3 is 1. The average Bonchev–Trinajstić information content (AvgIpc) is 3.11. The standard InChI is InChI=1S/C19H19F3O3S/c1-25-15-8-9-16(12-15)26(23,24)18-10-7-14(11-17(18)19(20,21)22)13-5-3-2-4-6-13/h2-7,10-11,15-16H,8-9,12H2,1H3/t15-,16-/m0/s1. The van der Waals surface area contributed by atoms with Crippen LogP contribution in [0.4, 0.5) is 13.2 Å². The minimum atomic E-state index is -4.76. The number of ether oxygens (including phenoxy) is 1. The Morgan fingerprint density at radius 2 is 1.69 bits per heavy atom. The maximum Gasteiger partial charge on any atom is 0.417 e. The number of rotatable bonds is 4. The minimum absolute atomic E-state index is 0.219. The summed E-state index contributed by atoms with van der Waals surface area (Å²) in [6.07, 6.45) is -3.93. The zero-order valence-corrected chi connectivity index (χ0v) is 15.0. The maximum absolute atomic E-state index is 13.6. The van der Waals surface area contributed by atoms with E-state index in [1.807, 2.05) is 0 Å². The molecule has 1 aliphatic carbocycles. The molecule has 0 unspecified atom stereocenters. The fraction of sp³-hybridized carbons (Fsp3) is 0.368. The summed E-state index contributed by atoms with van der Waals surface area (Å²) in [5.74, 6) is 0. The predicted octanol–water partition coefficient (Wildman–Crippen LogP) is 4.71. The van der Waals surface area contributed by atoms with Crippen LogP contribution >= 0.6 is 0 Å². The largest absolute Gasteiger partial charge is 0.417 e. The molecule has 0 aliphatic heterocycles. The van der Waals surface area contributed by atoms with E-state index < -0.39 is 31.7 Å². The van der Waals surface area contributed by atoms with E-state index in [1.165, 1.54) is 13.2 Å². The van der Waals surface area contributed by atoms with Gasteiger partial charge in [-0.1, -0.05) is 36.4 Å². The van der Waals surface area contributed by atoms with Gasteiger partial charge < -0.3 is 4.74 Å². The van der Waals surface area contributed by atoms with Crippen LogP contribution in [0, 0.1) is 0 Å². The number of hydrogen-bond acceptors (Lipinski definition) is 3. The van der Waals surface area contributed by atoms with Gasteiger partial charge in [-0.05, 0) is 42.5 Å². The Kier molecular flexibility index (Phi) is 5.12. The molecular formula is C19H19F3O3S. The lowest BCUT2D eigenvalue weighted by atomic mass is 10.0. The quantitative estimate of drug-likeness (QED) is 0.767. The summed E-state index contributed by atoms with van der Waals surface area (Å²) in [5, 5.41) is -0.851. The normalized spacial score (nSPS) is 21.1. The predicted molar refractivity (Wildman–Crippen MR) is 92.5 cm³/mol. The van der Waals surface area contributed by atoms with E-state index in [4.69, 9.17) is 4.74 Å². The molecule has 2 atom stereocenters. The Labute approximate surface area is 150 Å². The van der Waals surface area contributed by atoms with Crippen LogP contribution in [0.5, 0.6) is 0 Å². The van der Waals surface area contributed by atoms with Crippen molar-refractivity contribution in [1.29, 1.82) is 0 Å². The van der Waals surface area contributed by atoms with E-state index in [2.05, 4.69) is 0 Å². The van der Waals surface area contributed by atoms with Crippen LogP contribution in [0.15, 0.2) is 53.4 Å². The molecule has 2 aromatic rings. The Morgan fingerprint density at radius 3 is 2.27 bits per heavy atom. The number of sulfone groups is 1. The lowest BCUT2D eigenvalue weighted by molar-refractivity contribution is -0.139. The van der Waals surface area contributed by atoms with E-state index >= 15 is 0 Å². The molecule has 0 radical (unpaired) electrons. The van der Waals surface area contributed by atoms with E-state index in [-0.39, 0.29) is 12.5 Å². The second-order valence-electron chi connectivity index (χ2n) is 6.41. The van der Waals surface area contributed by atoms with Crippen molar-refractivity contribution in [1.82, 2.24) is 0 Å². The highest BCUT2D eigenvalue weighted by Gasteiger charge is 2.42. The number of alkyl halides is 3. The molecule has 140 valence electrons. The van der Waals surface area contributed by atoms with Crippen molar-refractivity contribution < 1.29 is 26.3 Å². The van der Waals surface area contributed by atoms with Crippen molar-refractivity contribution in [3.05, 3.63) is 54.1 Å². The second-order valence-corrected chi connectivity index (χ2v) is 8.61. The third-order valence-electron chi connectivity index (χ3n) is 4.81. The van der Waals surface area contributed by atoms with Crippen LogP contribution < -0.4 is 0 Å². The van der Waals surface area contributed by atoms with Gasteiger partial charge in [0.25, 0.3) is 0 Å². The van der Waals surface area contributed by atoms with Crippen LogP contribution in [-0.2, 0) is 20.8 Å². The highest BCUT2D eigenvalue weighted by Crippen LogP contribution is 2.40. The Balaban J connectivity index is 2.07. The first-order valence-electron chi connectivity index (χ1n) is 8.27. The van der Waals surface area contributed by atoms with Gasteiger partial charge in [0.05, 0.1) is 21.8 Å². The van der Waals surface area contributed by atoms with Crippen molar-refractivity contribution in [2.45, 2.75) is 41.7 Å². The molecule has 7 heteroatoms. The topological polar surface area (TPSA) is 43.4 Å². The van der Waals surface area contributed by atoms with Gasteiger partial charge in [0, 0.05) is 7.11 Å². The lowest BCUT2D eigenvalue weighted by Crippen LogP contribution is -2.23. The highest BCUT2D eigenvalue weighted by atomic mass is 32.2. The fourth-order valence-electron chi connectivity index (χ4n) is 3.39. The molecule has 3 rings (SSSR count). The summed E-state index contributed by atoms with van der Waals surface area (Å²) in [4.78, 5) is -0.647. The van der Waals surface area contributed by atoms with Crippen molar-refractivity contribution in [3.8, 4) is 11.1 Å². The highest BCUT2D eigenvalue weighted by molar-refractivity contribution is 7.92. The average molecular weight is 384 g/mol. The van der Waals surface area contributed by atoms with Gasteiger partial charge in [-0.25, -0.2) is 8.42 Å². The van der Waals surface area contributed by atoms with Crippen molar-refractivity contribution in [2.75, 3.05) is 7.11 Å². The molecule has 0 bridgehead atoms. The van der Waals surface area contributed by atoms with Crippen molar-refractivity contribution in [3.63, 3.8) is 0 Å². The molecule has 0 spiro atoms. The molecule has 0 saturated heterocycles. The van der Waals surface area contributed by atoms with Gasteiger partial charge in [0.1, 0.15) is 0 Å². The van der Waals surface area contributed by atoms with E-state index in [1.54, 1.807) is 30.3 Å². The summed E-state index contributed by atoms with van der Waals surface area (Å²) < 4.78 is 71.7. The van der Waals surface area contributed by atoms with Crippen LogP contribution in [0.1, 0.15) is 24.8 Å². The summed E-state index contributed by atoms with van der Waals surface area (Å²) in [6, 6.07) is 12.0. The monoisotopic (exact) mass is 384 g/mol. The fourth-order valence-corrected chi connectivity index (χ4v) is 5.40. The van der Waals surface area contributed by atoms with Crippen LogP contribution in [-0.4, -0.2) is 26.9 Å². The Bertz CT molecular complexity index is 877. The Hall–Kier alpha value is -1.86. The first-order chi connectivity index (χ1) is 12.2. The van der Waals surface area contributed by atoms with E-state index in [0.717, 1.165) is 12.1 Å².